The van der Waals surface area contributed by atoms with Crippen LogP contribution >= 0.6 is 11.3 Å². The molecule has 0 aliphatic carbocycles. The molecule has 0 bridgehead atoms. The predicted molar refractivity (Wildman–Crippen MR) is 73.7 cm³/mol. The fraction of sp³-hybridized carbons (Fsp3) is 0.615. The van der Waals surface area contributed by atoms with Crippen LogP contribution in [0.2, 0.25) is 0 Å². The Morgan fingerprint density at radius 3 is 2.89 bits per heavy atom. The standard InChI is InChI=1S/C13H19N3O2S/c1-3-9-13(18)16(7-5-11(17)15-9)10(4-2)12-14-6-8-19-12/h6,8-10H,3-5,7H2,1-2H3,(H,15,17). The number of rotatable bonds is 4. The number of carbonyl (C=O) groups is 2. The van der Waals surface area contributed by atoms with Gasteiger partial charge in [0.15, 0.2) is 0 Å². The van der Waals surface area contributed by atoms with Gasteiger partial charge in [-0.25, -0.2) is 4.98 Å². The Kier molecular flexibility index (Phi) is 4.52. The van der Waals surface area contributed by atoms with Crippen LogP contribution < -0.4 is 5.32 Å². The molecule has 2 unspecified atom stereocenters. The zero-order valence-corrected chi connectivity index (χ0v) is 12.1. The first kappa shape index (κ1) is 14.0. The van der Waals surface area contributed by atoms with Gasteiger partial charge in [0.1, 0.15) is 11.0 Å². The van der Waals surface area contributed by atoms with E-state index in [2.05, 4.69) is 10.3 Å². The second-order valence-corrected chi connectivity index (χ2v) is 5.53. The van der Waals surface area contributed by atoms with Gasteiger partial charge in [-0.2, -0.15) is 0 Å². The van der Waals surface area contributed by atoms with Crippen molar-refractivity contribution in [3.63, 3.8) is 0 Å². The van der Waals surface area contributed by atoms with Gasteiger partial charge in [0, 0.05) is 24.5 Å². The zero-order valence-electron chi connectivity index (χ0n) is 11.3. The molecule has 2 amide bonds. The molecule has 1 N–H and O–H groups in total. The maximum absolute atomic E-state index is 12.5. The van der Waals surface area contributed by atoms with Crippen molar-refractivity contribution in [2.24, 2.45) is 0 Å². The maximum Gasteiger partial charge on any atom is 0.245 e. The number of nitrogens with one attached hydrogen (secondary N) is 1. The molecule has 1 aliphatic rings. The molecular formula is C13H19N3O2S. The summed E-state index contributed by atoms with van der Waals surface area (Å²) in [7, 11) is 0. The first-order valence-corrected chi connectivity index (χ1v) is 7.54. The van der Waals surface area contributed by atoms with E-state index in [0.717, 1.165) is 11.4 Å². The van der Waals surface area contributed by atoms with Crippen molar-refractivity contribution < 1.29 is 9.59 Å². The Balaban J connectivity index is 2.25. The number of aromatic nitrogens is 1. The van der Waals surface area contributed by atoms with Gasteiger partial charge in [0.05, 0.1) is 6.04 Å². The largest absolute Gasteiger partial charge is 0.344 e. The monoisotopic (exact) mass is 281 g/mol. The Labute approximate surface area is 117 Å². The van der Waals surface area contributed by atoms with Crippen LogP contribution in [0.25, 0.3) is 0 Å². The fourth-order valence-electron chi connectivity index (χ4n) is 2.37. The van der Waals surface area contributed by atoms with Crippen LogP contribution in [0.5, 0.6) is 0 Å². The second kappa shape index (κ2) is 6.14. The molecular weight excluding hydrogens is 262 g/mol. The normalized spacial score (nSPS) is 22.0. The maximum atomic E-state index is 12.5. The summed E-state index contributed by atoms with van der Waals surface area (Å²) in [5.41, 5.74) is 0. The van der Waals surface area contributed by atoms with Gasteiger partial charge in [0.2, 0.25) is 11.8 Å². The molecule has 1 aromatic heterocycles. The van der Waals surface area contributed by atoms with Crippen LogP contribution in [-0.2, 0) is 9.59 Å². The van der Waals surface area contributed by atoms with Gasteiger partial charge in [-0.15, -0.1) is 11.3 Å². The van der Waals surface area contributed by atoms with Crippen LogP contribution in [0, 0.1) is 0 Å². The highest BCUT2D eigenvalue weighted by molar-refractivity contribution is 7.09. The number of nitrogens with zero attached hydrogens (tertiary/aromatic N) is 2. The molecule has 2 heterocycles. The van der Waals surface area contributed by atoms with E-state index >= 15 is 0 Å². The van der Waals surface area contributed by atoms with Gasteiger partial charge < -0.3 is 10.2 Å². The molecule has 2 atom stereocenters. The van der Waals surface area contributed by atoms with Crippen molar-refractivity contribution in [1.29, 1.82) is 0 Å². The van der Waals surface area contributed by atoms with Crippen LogP contribution in [-0.4, -0.2) is 34.3 Å². The lowest BCUT2D eigenvalue weighted by molar-refractivity contribution is -0.135. The molecule has 1 saturated heterocycles. The minimum Gasteiger partial charge on any atom is -0.344 e. The molecule has 0 saturated carbocycles. The van der Waals surface area contributed by atoms with E-state index in [1.165, 1.54) is 0 Å². The summed E-state index contributed by atoms with van der Waals surface area (Å²) in [5, 5.41) is 5.65. The van der Waals surface area contributed by atoms with Gasteiger partial charge in [-0.1, -0.05) is 13.8 Å². The topological polar surface area (TPSA) is 62.3 Å². The van der Waals surface area contributed by atoms with E-state index in [0.29, 0.717) is 19.4 Å². The fourth-order valence-corrected chi connectivity index (χ4v) is 3.21. The highest BCUT2D eigenvalue weighted by Gasteiger charge is 2.33. The SMILES string of the molecule is CCC1NC(=O)CCN(C(CC)c2nccs2)C1=O. The summed E-state index contributed by atoms with van der Waals surface area (Å²) in [4.78, 5) is 30.3. The zero-order chi connectivity index (χ0) is 13.8. The Bertz CT molecular complexity index is 447. The molecule has 0 spiro atoms. The smallest absolute Gasteiger partial charge is 0.245 e. The number of carbonyl (C=O) groups excluding carboxylic acids is 2. The Morgan fingerprint density at radius 2 is 2.32 bits per heavy atom. The minimum absolute atomic E-state index is 0.00963. The quantitative estimate of drug-likeness (QED) is 0.914. The van der Waals surface area contributed by atoms with Gasteiger partial charge in [-0.3, -0.25) is 9.59 Å². The average Bonchev–Trinajstić information content (AvgIpc) is 2.89. The second-order valence-electron chi connectivity index (χ2n) is 4.60. The molecule has 2 rings (SSSR count). The van der Waals surface area contributed by atoms with Gasteiger partial charge in [-0.05, 0) is 12.8 Å². The van der Waals surface area contributed by atoms with E-state index < -0.39 is 6.04 Å². The van der Waals surface area contributed by atoms with Crippen molar-refractivity contribution in [3.8, 4) is 0 Å². The van der Waals surface area contributed by atoms with Crippen molar-refractivity contribution >= 4 is 23.2 Å². The lowest BCUT2D eigenvalue weighted by Gasteiger charge is -2.30. The van der Waals surface area contributed by atoms with Crippen LogP contribution in [0.4, 0.5) is 0 Å². The first-order chi connectivity index (χ1) is 9.17. The molecule has 0 aromatic carbocycles. The van der Waals surface area contributed by atoms with E-state index in [4.69, 9.17) is 0 Å². The summed E-state index contributed by atoms with van der Waals surface area (Å²) in [6.07, 6.45) is 3.55. The number of thiazole rings is 1. The molecule has 104 valence electrons. The third-order valence-electron chi connectivity index (χ3n) is 3.40. The van der Waals surface area contributed by atoms with Crippen molar-refractivity contribution in [1.82, 2.24) is 15.2 Å². The minimum atomic E-state index is -0.399. The van der Waals surface area contributed by atoms with E-state index in [-0.39, 0.29) is 17.9 Å². The molecule has 1 aromatic rings. The molecule has 0 radical (unpaired) electrons. The summed E-state index contributed by atoms with van der Waals surface area (Å²) in [6.45, 7) is 4.43. The van der Waals surface area contributed by atoms with Crippen molar-refractivity contribution in [2.75, 3.05) is 6.54 Å². The van der Waals surface area contributed by atoms with Crippen molar-refractivity contribution in [2.45, 2.75) is 45.2 Å². The van der Waals surface area contributed by atoms with Crippen LogP contribution in [0.1, 0.15) is 44.2 Å². The highest BCUT2D eigenvalue weighted by atomic mass is 32.1. The summed E-state index contributed by atoms with van der Waals surface area (Å²) >= 11 is 1.56. The van der Waals surface area contributed by atoms with Gasteiger partial charge >= 0.3 is 0 Å². The molecule has 6 heteroatoms. The highest BCUT2D eigenvalue weighted by Crippen LogP contribution is 2.27. The summed E-state index contributed by atoms with van der Waals surface area (Å²) in [6, 6.07) is -0.418. The molecule has 1 aliphatic heterocycles. The summed E-state index contributed by atoms with van der Waals surface area (Å²) < 4.78 is 0. The number of hydrogen-bond acceptors (Lipinski definition) is 4. The summed E-state index contributed by atoms with van der Waals surface area (Å²) in [5.74, 6) is -0.0351. The number of hydrogen-bond donors (Lipinski definition) is 1. The van der Waals surface area contributed by atoms with Crippen LogP contribution in [0.3, 0.4) is 0 Å². The van der Waals surface area contributed by atoms with E-state index in [1.54, 1.807) is 17.5 Å². The average molecular weight is 281 g/mol. The van der Waals surface area contributed by atoms with Gasteiger partial charge in [0.25, 0.3) is 0 Å². The van der Waals surface area contributed by atoms with E-state index in [9.17, 15) is 9.59 Å². The number of amides is 2. The molecule has 19 heavy (non-hydrogen) atoms. The molecule has 5 nitrogen and oxygen atoms in total. The van der Waals surface area contributed by atoms with E-state index in [1.807, 2.05) is 24.1 Å². The Morgan fingerprint density at radius 1 is 1.53 bits per heavy atom. The first-order valence-electron chi connectivity index (χ1n) is 6.66. The third-order valence-corrected chi connectivity index (χ3v) is 4.28. The van der Waals surface area contributed by atoms with Crippen LogP contribution in [0.15, 0.2) is 11.6 Å². The Hall–Kier alpha value is -1.43. The lowest BCUT2D eigenvalue weighted by Crippen LogP contribution is -2.45. The van der Waals surface area contributed by atoms with Crippen molar-refractivity contribution in [3.05, 3.63) is 16.6 Å². The predicted octanol–water partition coefficient (Wildman–Crippen LogP) is 1.72. The third kappa shape index (κ3) is 2.94. The molecule has 1 fully saturated rings. The lowest BCUT2D eigenvalue weighted by atomic mass is 10.1.